The molecule has 27 heavy (non-hydrogen) atoms. The highest BCUT2D eigenvalue weighted by atomic mass is 32.1. The SMILES string of the molecule is COc1ccccc1N(Cc1ccccc1)C(=O)Nc1nc(C(=O)O)cs1. The molecule has 2 N–H and O–H groups in total. The molecule has 7 nitrogen and oxygen atoms in total. The van der Waals surface area contributed by atoms with E-state index in [2.05, 4.69) is 10.3 Å². The topological polar surface area (TPSA) is 91.8 Å². The summed E-state index contributed by atoms with van der Waals surface area (Å²) in [6.45, 7) is 0.310. The summed E-state index contributed by atoms with van der Waals surface area (Å²) < 4.78 is 5.39. The van der Waals surface area contributed by atoms with Gasteiger partial charge < -0.3 is 9.84 Å². The molecule has 0 saturated carbocycles. The number of nitrogens with zero attached hydrogens (tertiary/aromatic N) is 2. The Morgan fingerprint density at radius 1 is 1.15 bits per heavy atom. The van der Waals surface area contributed by atoms with Gasteiger partial charge in [0.25, 0.3) is 0 Å². The molecule has 1 aromatic heterocycles. The number of rotatable bonds is 6. The van der Waals surface area contributed by atoms with Crippen LogP contribution < -0.4 is 15.0 Å². The van der Waals surface area contributed by atoms with Gasteiger partial charge in [-0.1, -0.05) is 42.5 Å². The number of carboxylic acid groups (broad SMARTS) is 1. The van der Waals surface area contributed by atoms with E-state index in [1.54, 1.807) is 12.1 Å². The molecule has 0 atom stereocenters. The standard InChI is InChI=1S/C19H17N3O4S/c1-26-16-10-6-5-9-15(16)22(11-13-7-3-2-4-8-13)19(25)21-18-20-14(12-27-18)17(23)24/h2-10,12H,11H2,1H3,(H,23,24)(H,20,21,25). The quantitative estimate of drug-likeness (QED) is 0.669. The van der Waals surface area contributed by atoms with Crippen LogP contribution >= 0.6 is 11.3 Å². The lowest BCUT2D eigenvalue weighted by Crippen LogP contribution is -2.34. The van der Waals surface area contributed by atoms with Crippen molar-refractivity contribution in [2.24, 2.45) is 0 Å². The average Bonchev–Trinajstić information content (AvgIpc) is 3.15. The Morgan fingerprint density at radius 2 is 1.85 bits per heavy atom. The van der Waals surface area contributed by atoms with Gasteiger partial charge in [0.05, 0.1) is 19.3 Å². The second kappa shape index (κ2) is 8.33. The van der Waals surface area contributed by atoms with Crippen LogP contribution in [0.2, 0.25) is 0 Å². The summed E-state index contributed by atoms with van der Waals surface area (Å²) >= 11 is 1.05. The van der Waals surface area contributed by atoms with Gasteiger partial charge >= 0.3 is 12.0 Å². The second-order valence-electron chi connectivity index (χ2n) is 5.52. The molecule has 0 bridgehead atoms. The number of hydrogen-bond donors (Lipinski definition) is 2. The van der Waals surface area contributed by atoms with Gasteiger partial charge in [-0.05, 0) is 17.7 Å². The van der Waals surface area contributed by atoms with E-state index >= 15 is 0 Å². The molecular weight excluding hydrogens is 366 g/mol. The number of hydrogen-bond acceptors (Lipinski definition) is 5. The number of anilines is 2. The third-order valence-corrected chi connectivity index (χ3v) is 4.50. The number of urea groups is 1. The molecule has 0 fully saturated rings. The van der Waals surface area contributed by atoms with E-state index in [4.69, 9.17) is 9.84 Å². The molecule has 0 aliphatic carbocycles. The first-order valence-corrected chi connectivity index (χ1v) is 8.90. The molecule has 138 valence electrons. The highest BCUT2D eigenvalue weighted by Crippen LogP contribution is 2.30. The van der Waals surface area contributed by atoms with Crippen LogP contribution in [-0.4, -0.2) is 29.2 Å². The van der Waals surface area contributed by atoms with E-state index in [1.165, 1.54) is 17.4 Å². The minimum absolute atomic E-state index is 0.109. The van der Waals surface area contributed by atoms with Crippen LogP contribution in [0.3, 0.4) is 0 Å². The molecule has 3 aromatic rings. The monoisotopic (exact) mass is 383 g/mol. The first kappa shape index (κ1) is 18.4. The maximum absolute atomic E-state index is 12.9. The predicted octanol–water partition coefficient (Wildman–Crippen LogP) is 4.09. The number of carbonyl (C=O) groups excluding carboxylic acids is 1. The molecule has 3 rings (SSSR count). The summed E-state index contributed by atoms with van der Waals surface area (Å²) in [7, 11) is 1.54. The van der Waals surface area contributed by atoms with Crippen LogP contribution in [-0.2, 0) is 6.54 Å². The first-order valence-electron chi connectivity index (χ1n) is 8.02. The molecule has 0 spiro atoms. The summed E-state index contributed by atoms with van der Waals surface area (Å²) in [4.78, 5) is 29.4. The fourth-order valence-corrected chi connectivity index (χ4v) is 3.15. The van der Waals surface area contributed by atoms with E-state index < -0.39 is 12.0 Å². The van der Waals surface area contributed by atoms with Crippen LogP contribution in [0.5, 0.6) is 5.75 Å². The van der Waals surface area contributed by atoms with Gasteiger partial charge in [-0.3, -0.25) is 10.2 Å². The van der Waals surface area contributed by atoms with Crippen molar-refractivity contribution in [1.82, 2.24) is 4.98 Å². The van der Waals surface area contributed by atoms with Crippen LogP contribution in [0.4, 0.5) is 15.6 Å². The number of nitrogens with one attached hydrogen (secondary N) is 1. The lowest BCUT2D eigenvalue weighted by Gasteiger charge is -2.24. The van der Waals surface area contributed by atoms with Crippen molar-refractivity contribution >= 4 is 34.2 Å². The predicted molar refractivity (Wildman–Crippen MR) is 104 cm³/mol. The lowest BCUT2D eigenvalue weighted by atomic mass is 10.2. The van der Waals surface area contributed by atoms with Crippen LogP contribution in [0, 0.1) is 0 Å². The van der Waals surface area contributed by atoms with Crippen molar-refractivity contribution in [3.63, 3.8) is 0 Å². The van der Waals surface area contributed by atoms with Gasteiger partial charge in [-0.25, -0.2) is 14.6 Å². The molecule has 0 aliphatic rings. The van der Waals surface area contributed by atoms with Crippen LogP contribution in [0.25, 0.3) is 0 Å². The van der Waals surface area contributed by atoms with Crippen molar-refractivity contribution in [3.8, 4) is 5.75 Å². The average molecular weight is 383 g/mol. The number of carbonyl (C=O) groups is 2. The van der Waals surface area contributed by atoms with Crippen molar-refractivity contribution in [1.29, 1.82) is 0 Å². The first-order chi connectivity index (χ1) is 13.1. The molecule has 1 heterocycles. The number of benzene rings is 2. The van der Waals surface area contributed by atoms with Gasteiger partial charge in [0, 0.05) is 5.38 Å². The third-order valence-electron chi connectivity index (χ3n) is 3.74. The number of methoxy groups -OCH3 is 1. The molecule has 0 aliphatic heterocycles. The summed E-state index contributed by atoms with van der Waals surface area (Å²) in [6, 6.07) is 16.3. The van der Waals surface area contributed by atoms with Gasteiger partial charge in [0.2, 0.25) is 0 Å². The molecule has 0 radical (unpaired) electrons. The summed E-state index contributed by atoms with van der Waals surface area (Å²) in [5, 5.41) is 13.2. The lowest BCUT2D eigenvalue weighted by molar-refractivity contribution is 0.0691. The zero-order valence-corrected chi connectivity index (χ0v) is 15.3. The number of amides is 2. The number of thiazole rings is 1. The van der Waals surface area contributed by atoms with E-state index in [-0.39, 0.29) is 10.8 Å². The van der Waals surface area contributed by atoms with Gasteiger partial charge in [-0.2, -0.15) is 0 Å². The fourth-order valence-electron chi connectivity index (χ4n) is 2.47. The van der Waals surface area contributed by atoms with Crippen LogP contribution in [0.1, 0.15) is 16.1 Å². The number of para-hydroxylation sites is 2. The van der Waals surface area contributed by atoms with E-state index in [0.29, 0.717) is 18.0 Å². The third kappa shape index (κ3) is 4.42. The second-order valence-corrected chi connectivity index (χ2v) is 6.37. The Labute approximate surface area is 159 Å². The minimum Gasteiger partial charge on any atom is -0.495 e. The van der Waals surface area contributed by atoms with E-state index in [0.717, 1.165) is 16.9 Å². The molecule has 0 unspecified atom stereocenters. The highest BCUT2D eigenvalue weighted by Gasteiger charge is 2.21. The van der Waals surface area contributed by atoms with Crippen molar-refractivity contribution < 1.29 is 19.4 Å². The zero-order valence-electron chi connectivity index (χ0n) is 14.5. The molecule has 2 amide bonds. The summed E-state index contributed by atoms with van der Waals surface area (Å²) in [6.07, 6.45) is 0. The summed E-state index contributed by atoms with van der Waals surface area (Å²) in [5.74, 6) is -0.591. The number of aromatic carboxylic acids is 1. The maximum Gasteiger partial charge on any atom is 0.355 e. The molecular formula is C19H17N3O4S. The van der Waals surface area contributed by atoms with Gasteiger partial charge in [-0.15, -0.1) is 11.3 Å². The van der Waals surface area contributed by atoms with Crippen molar-refractivity contribution in [2.75, 3.05) is 17.3 Å². The van der Waals surface area contributed by atoms with Crippen molar-refractivity contribution in [3.05, 3.63) is 71.2 Å². The number of carboxylic acids is 1. The number of aromatic nitrogens is 1. The van der Waals surface area contributed by atoms with Gasteiger partial charge in [0.15, 0.2) is 10.8 Å². The maximum atomic E-state index is 12.9. The van der Waals surface area contributed by atoms with Gasteiger partial charge in [0.1, 0.15) is 5.75 Å². The Kier molecular flexibility index (Phi) is 5.68. The normalized spacial score (nSPS) is 10.3. The minimum atomic E-state index is -1.14. The molecule has 2 aromatic carbocycles. The largest absolute Gasteiger partial charge is 0.495 e. The highest BCUT2D eigenvalue weighted by molar-refractivity contribution is 7.14. The molecule has 8 heteroatoms. The van der Waals surface area contributed by atoms with Crippen molar-refractivity contribution in [2.45, 2.75) is 6.54 Å². The Balaban J connectivity index is 1.90. The Morgan fingerprint density at radius 3 is 2.52 bits per heavy atom. The van der Waals surface area contributed by atoms with E-state index in [1.807, 2.05) is 42.5 Å². The van der Waals surface area contributed by atoms with E-state index in [9.17, 15) is 9.59 Å². The number of ether oxygens (including phenoxy) is 1. The molecule has 0 saturated heterocycles. The zero-order chi connectivity index (χ0) is 19.2. The fraction of sp³-hybridized carbons (Fsp3) is 0.105. The summed E-state index contributed by atoms with van der Waals surface area (Å²) in [5.41, 5.74) is 1.42. The Bertz CT molecular complexity index is 943. The smallest absolute Gasteiger partial charge is 0.355 e. The Hall–Kier alpha value is -3.39. The van der Waals surface area contributed by atoms with Crippen LogP contribution in [0.15, 0.2) is 60.0 Å².